The van der Waals surface area contributed by atoms with Crippen LogP contribution >= 0.6 is 0 Å². The fraction of sp³-hybridized carbons (Fsp3) is 0.500. The highest BCUT2D eigenvalue weighted by atomic mass is 19.4. The Bertz CT molecular complexity index is 483. The van der Waals surface area contributed by atoms with E-state index in [0.717, 1.165) is 0 Å². The van der Waals surface area contributed by atoms with Gasteiger partial charge in [0.25, 0.3) is 5.91 Å². The van der Waals surface area contributed by atoms with Crippen molar-refractivity contribution in [3.63, 3.8) is 0 Å². The van der Waals surface area contributed by atoms with Crippen LogP contribution < -0.4 is 10.6 Å². The SMILES string of the molecule is CCNC(=O)c1cc(NC2(C(F)(F)F)CC2)ccn1. The average molecular weight is 273 g/mol. The molecule has 0 aliphatic heterocycles. The number of alkyl halides is 3. The maximum atomic E-state index is 12.8. The molecular formula is C12H14F3N3O. The van der Waals surface area contributed by atoms with Crippen molar-refractivity contribution in [3.8, 4) is 0 Å². The van der Waals surface area contributed by atoms with Crippen LogP contribution in [-0.4, -0.2) is 29.2 Å². The molecule has 1 aromatic rings. The number of rotatable bonds is 4. The maximum Gasteiger partial charge on any atom is 0.411 e. The molecule has 1 aromatic heterocycles. The lowest BCUT2D eigenvalue weighted by atomic mass is 10.2. The van der Waals surface area contributed by atoms with Gasteiger partial charge in [0.15, 0.2) is 0 Å². The molecule has 1 aliphatic carbocycles. The van der Waals surface area contributed by atoms with E-state index >= 15 is 0 Å². The summed E-state index contributed by atoms with van der Waals surface area (Å²) in [4.78, 5) is 15.4. The summed E-state index contributed by atoms with van der Waals surface area (Å²) in [5.74, 6) is -0.400. The number of halogens is 3. The molecule has 0 bridgehead atoms. The highest BCUT2D eigenvalue weighted by Crippen LogP contribution is 2.51. The molecule has 1 saturated carbocycles. The van der Waals surface area contributed by atoms with Crippen molar-refractivity contribution in [1.82, 2.24) is 10.3 Å². The fourth-order valence-electron chi connectivity index (χ4n) is 1.76. The molecule has 0 aromatic carbocycles. The zero-order chi connectivity index (χ0) is 14.1. The van der Waals surface area contributed by atoms with Gasteiger partial charge >= 0.3 is 6.18 Å². The van der Waals surface area contributed by atoms with E-state index in [1.807, 2.05) is 0 Å². The van der Waals surface area contributed by atoms with Crippen LogP contribution in [0.4, 0.5) is 18.9 Å². The van der Waals surface area contributed by atoms with E-state index in [-0.39, 0.29) is 24.2 Å². The Labute approximate surface area is 108 Å². The zero-order valence-corrected chi connectivity index (χ0v) is 10.3. The quantitative estimate of drug-likeness (QED) is 0.885. The highest BCUT2D eigenvalue weighted by molar-refractivity contribution is 5.93. The largest absolute Gasteiger partial charge is 0.411 e. The van der Waals surface area contributed by atoms with Crippen LogP contribution in [0.25, 0.3) is 0 Å². The number of pyridine rings is 1. The second-order valence-corrected chi connectivity index (χ2v) is 4.49. The Morgan fingerprint density at radius 2 is 2.16 bits per heavy atom. The molecule has 7 heteroatoms. The second-order valence-electron chi connectivity index (χ2n) is 4.49. The summed E-state index contributed by atoms with van der Waals surface area (Å²) in [5.41, 5.74) is -1.48. The van der Waals surface area contributed by atoms with E-state index in [2.05, 4.69) is 15.6 Å². The number of carbonyl (C=O) groups excluding carboxylic acids is 1. The summed E-state index contributed by atoms with van der Waals surface area (Å²) in [7, 11) is 0. The summed E-state index contributed by atoms with van der Waals surface area (Å²) in [5, 5.41) is 5.01. The molecule has 0 unspecified atom stereocenters. The summed E-state index contributed by atoms with van der Waals surface area (Å²) in [6.45, 7) is 2.19. The molecule has 0 saturated heterocycles. The maximum absolute atomic E-state index is 12.8. The van der Waals surface area contributed by atoms with Crippen LogP contribution in [0.15, 0.2) is 18.3 Å². The van der Waals surface area contributed by atoms with Crippen LogP contribution in [0.3, 0.4) is 0 Å². The molecule has 0 radical (unpaired) electrons. The summed E-state index contributed by atoms with van der Waals surface area (Å²) in [6.07, 6.45) is -2.87. The molecule has 19 heavy (non-hydrogen) atoms. The molecule has 1 fully saturated rings. The molecule has 2 N–H and O–H groups in total. The van der Waals surface area contributed by atoms with Gasteiger partial charge in [-0.15, -0.1) is 0 Å². The molecule has 0 atom stereocenters. The fourth-order valence-corrected chi connectivity index (χ4v) is 1.76. The van der Waals surface area contributed by atoms with E-state index < -0.39 is 17.6 Å². The molecule has 1 aliphatic rings. The summed E-state index contributed by atoms with van der Waals surface area (Å²) < 4.78 is 38.4. The van der Waals surface area contributed by atoms with Crippen molar-refractivity contribution in [1.29, 1.82) is 0 Å². The van der Waals surface area contributed by atoms with Crippen molar-refractivity contribution < 1.29 is 18.0 Å². The number of nitrogens with zero attached hydrogens (tertiary/aromatic N) is 1. The Kier molecular flexibility index (Phi) is 3.38. The number of carbonyl (C=O) groups is 1. The van der Waals surface area contributed by atoms with Crippen molar-refractivity contribution in [2.75, 3.05) is 11.9 Å². The Hall–Kier alpha value is -1.79. The molecule has 2 rings (SSSR count). The number of amides is 1. The third kappa shape index (κ3) is 2.80. The first kappa shape index (κ1) is 13.6. The third-order valence-electron chi connectivity index (χ3n) is 3.01. The lowest BCUT2D eigenvalue weighted by molar-refractivity contribution is -0.151. The normalized spacial score (nSPS) is 16.8. The number of hydrogen-bond donors (Lipinski definition) is 2. The van der Waals surface area contributed by atoms with E-state index in [1.165, 1.54) is 18.3 Å². The summed E-state index contributed by atoms with van der Waals surface area (Å²) >= 11 is 0. The second kappa shape index (κ2) is 4.71. The van der Waals surface area contributed by atoms with Gasteiger partial charge in [-0.1, -0.05) is 0 Å². The van der Waals surface area contributed by atoms with Gasteiger partial charge in [0.1, 0.15) is 11.2 Å². The lowest BCUT2D eigenvalue weighted by Gasteiger charge is -2.22. The minimum absolute atomic E-state index is 0.0509. The van der Waals surface area contributed by atoms with E-state index in [0.29, 0.717) is 6.54 Å². The number of nitrogens with one attached hydrogen (secondary N) is 2. The molecular weight excluding hydrogens is 259 g/mol. The van der Waals surface area contributed by atoms with Gasteiger partial charge < -0.3 is 10.6 Å². The van der Waals surface area contributed by atoms with E-state index in [4.69, 9.17) is 0 Å². The standard InChI is InChI=1S/C12H14F3N3O/c1-2-16-10(19)9-7-8(3-6-17-9)18-11(4-5-11)12(13,14)15/h3,6-7H,2,4-5H2,1H3,(H,16,19)(H,17,18). The van der Waals surface area contributed by atoms with Gasteiger partial charge in [0.2, 0.25) is 0 Å². The van der Waals surface area contributed by atoms with Gasteiger partial charge in [-0.25, -0.2) is 0 Å². The number of hydrogen-bond acceptors (Lipinski definition) is 3. The van der Waals surface area contributed by atoms with E-state index in [9.17, 15) is 18.0 Å². The van der Waals surface area contributed by atoms with Crippen LogP contribution in [0.2, 0.25) is 0 Å². The Morgan fingerprint density at radius 1 is 1.47 bits per heavy atom. The van der Waals surface area contributed by atoms with Gasteiger partial charge in [0, 0.05) is 18.4 Å². The zero-order valence-electron chi connectivity index (χ0n) is 10.3. The molecule has 104 valence electrons. The van der Waals surface area contributed by atoms with Crippen LogP contribution in [0, 0.1) is 0 Å². The van der Waals surface area contributed by atoms with Crippen molar-refractivity contribution in [3.05, 3.63) is 24.0 Å². The monoisotopic (exact) mass is 273 g/mol. The molecule has 1 amide bonds. The minimum atomic E-state index is -4.29. The average Bonchev–Trinajstić information content (AvgIpc) is 3.10. The first-order valence-electron chi connectivity index (χ1n) is 5.97. The van der Waals surface area contributed by atoms with Crippen LogP contribution in [-0.2, 0) is 0 Å². The topological polar surface area (TPSA) is 54.0 Å². The van der Waals surface area contributed by atoms with Gasteiger partial charge in [-0.05, 0) is 31.9 Å². The number of anilines is 1. The van der Waals surface area contributed by atoms with E-state index in [1.54, 1.807) is 6.92 Å². The predicted octanol–water partition coefficient (Wildman–Crippen LogP) is 2.34. The molecule has 4 nitrogen and oxygen atoms in total. The predicted molar refractivity (Wildman–Crippen MR) is 63.9 cm³/mol. The molecule has 1 heterocycles. The minimum Gasteiger partial charge on any atom is -0.371 e. The van der Waals surface area contributed by atoms with Gasteiger partial charge in [-0.3, -0.25) is 9.78 Å². The first-order valence-corrected chi connectivity index (χ1v) is 5.97. The van der Waals surface area contributed by atoms with Crippen molar-refractivity contribution >= 4 is 11.6 Å². The Balaban J connectivity index is 2.14. The van der Waals surface area contributed by atoms with Crippen LogP contribution in [0.1, 0.15) is 30.3 Å². The third-order valence-corrected chi connectivity index (χ3v) is 3.01. The molecule has 0 spiro atoms. The van der Waals surface area contributed by atoms with Gasteiger partial charge in [-0.2, -0.15) is 13.2 Å². The number of aromatic nitrogens is 1. The smallest absolute Gasteiger partial charge is 0.371 e. The van der Waals surface area contributed by atoms with Crippen molar-refractivity contribution in [2.45, 2.75) is 31.5 Å². The van der Waals surface area contributed by atoms with Crippen molar-refractivity contribution in [2.24, 2.45) is 0 Å². The summed E-state index contributed by atoms with van der Waals surface area (Å²) in [6, 6.07) is 2.76. The van der Waals surface area contributed by atoms with Gasteiger partial charge in [0.05, 0.1) is 0 Å². The lowest BCUT2D eigenvalue weighted by Crippen LogP contribution is -2.38. The highest BCUT2D eigenvalue weighted by Gasteiger charge is 2.63. The van der Waals surface area contributed by atoms with Crippen LogP contribution in [0.5, 0.6) is 0 Å². The Morgan fingerprint density at radius 3 is 2.68 bits per heavy atom. The first-order chi connectivity index (χ1) is 8.88.